The fourth-order valence-electron chi connectivity index (χ4n) is 5.52. The molecule has 4 unspecified atom stereocenters. The van der Waals surface area contributed by atoms with Crippen LogP contribution in [-0.2, 0) is 0 Å². The molecule has 116 valence electrons. The maximum atomic E-state index is 10.6. The van der Waals surface area contributed by atoms with Gasteiger partial charge in [0.25, 0.3) is 0 Å². The van der Waals surface area contributed by atoms with Gasteiger partial charge >= 0.3 is 0 Å². The standard InChI is InChI=1S/C19H34O/c1-2-3-4-14-5-8-16(9-6-14)19(20)13-18-12-15-7-10-17(18)11-15/h14-20H,2-13H2,1H3. The summed E-state index contributed by atoms with van der Waals surface area (Å²) in [4.78, 5) is 0. The summed E-state index contributed by atoms with van der Waals surface area (Å²) in [6, 6.07) is 0. The molecule has 0 aliphatic heterocycles. The van der Waals surface area contributed by atoms with Gasteiger partial charge in [-0.1, -0.05) is 45.4 Å². The van der Waals surface area contributed by atoms with Crippen LogP contribution in [0.3, 0.4) is 0 Å². The molecule has 4 atom stereocenters. The quantitative estimate of drug-likeness (QED) is 0.710. The summed E-state index contributed by atoms with van der Waals surface area (Å²) in [6.45, 7) is 2.30. The SMILES string of the molecule is CCCCC1CCC(C(O)CC2CC3CCC2C3)CC1. The topological polar surface area (TPSA) is 20.2 Å². The molecule has 3 aliphatic carbocycles. The second kappa shape index (κ2) is 6.81. The van der Waals surface area contributed by atoms with Crippen LogP contribution in [0, 0.1) is 29.6 Å². The minimum atomic E-state index is 0.0199. The van der Waals surface area contributed by atoms with Gasteiger partial charge in [-0.15, -0.1) is 0 Å². The van der Waals surface area contributed by atoms with E-state index in [1.165, 1.54) is 70.6 Å². The minimum Gasteiger partial charge on any atom is -0.393 e. The van der Waals surface area contributed by atoms with Crippen LogP contribution in [0.5, 0.6) is 0 Å². The van der Waals surface area contributed by atoms with Crippen LogP contribution in [0.4, 0.5) is 0 Å². The lowest BCUT2D eigenvalue weighted by Crippen LogP contribution is -2.29. The molecule has 1 heteroatoms. The van der Waals surface area contributed by atoms with Gasteiger partial charge in [0, 0.05) is 0 Å². The zero-order chi connectivity index (χ0) is 13.9. The molecule has 0 amide bonds. The summed E-state index contributed by atoms with van der Waals surface area (Å²) in [5, 5.41) is 10.6. The van der Waals surface area contributed by atoms with E-state index >= 15 is 0 Å². The van der Waals surface area contributed by atoms with Gasteiger partial charge in [-0.05, 0) is 68.1 Å². The summed E-state index contributed by atoms with van der Waals surface area (Å²) in [7, 11) is 0. The first-order valence-electron chi connectivity index (χ1n) is 9.44. The van der Waals surface area contributed by atoms with Crippen molar-refractivity contribution in [2.24, 2.45) is 29.6 Å². The molecule has 0 saturated heterocycles. The van der Waals surface area contributed by atoms with E-state index in [4.69, 9.17) is 0 Å². The highest BCUT2D eigenvalue weighted by molar-refractivity contribution is 4.92. The van der Waals surface area contributed by atoms with Gasteiger partial charge in [0.2, 0.25) is 0 Å². The molecule has 0 spiro atoms. The van der Waals surface area contributed by atoms with Crippen molar-refractivity contribution < 1.29 is 5.11 Å². The Morgan fingerprint density at radius 3 is 2.40 bits per heavy atom. The van der Waals surface area contributed by atoms with Crippen molar-refractivity contribution in [3.05, 3.63) is 0 Å². The Morgan fingerprint density at radius 1 is 1.00 bits per heavy atom. The lowest BCUT2D eigenvalue weighted by atomic mass is 9.74. The van der Waals surface area contributed by atoms with Crippen LogP contribution in [-0.4, -0.2) is 11.2 Å². The number of unbranched alkanes of at least 4 members (excludes halogenated alkanes) is 1. The van der Waals surface area contributed by atoms with Crippen molar-refractivity contribution in [3.63, 3.8) is 0 Å². The van der Waals surface area contributed by atoms with Crippen LogP contribution in [0.15, 0.2) is 0 Å². The van der Waals surface area contributed by atoms with E-state index in [9.17, 15) is 5.11 Å². The van der Waals surface area contributed by atoms with Gasteiger partial charge in [0.1, 0.15) is 0 Å². The molecular formula is C19H34O. The normalized spacial score (nSPS) is 42.0. The molecule has 0 aromatic rings. The maximum absolute atomic E-state index is 10.6. The Balaban J connectivity index is 1.39. The fourth-order valence-corrected chi connectivity index (χ4v) is 5.52. The number of aliphatic hydroxyl groups excluding tert-OH is 1. The minimum absolute atomic E-state index is 0.0199. The van der Waals surface area contributed by atoms with Gasteiger partial charge in [0.05, 0.1) is 6.10 Å². The highest BCUT2D eigenvalue weighted by Crippen LogP contribution is 2.50. The number of hydrogen-bond donors (Lipinski definition) is 1. The molecule has 3 saturated carbocycles. The van der Waals surface area contributed by atoms with Crippen molar-refractivity contribution in [3.8, 4) is 0 Å². The molecule has 0 aromatic heterocycles. The highest BCUT2D eigenvalue weighted by atomic mass is 16.3. The van der Waals surface area contributed by atoms with E-state index in [-0.39, 0.29) is 6.10 Å². The van der Waals surface area contributed by atoms with Crippen LogP contribution in [0.1, 0.15) is 84.0 Å². The van der Waals surface area contributed by atoms with Crippen LogP contribution < -0.4 is 0 Å². The molecule has 20 heavy (non-hydrogen) atoms. The monoisotopic (exact) mass is 278 g/mol. The van der Waals surface area contributed by atoms with Gasteiger partial charge < -0.3 is 5.11 Å². The zero-order valence-electron chi connectivity index (χ0n) is 13.4. The van der Waals surface area contributed by atoms with E-state index in [2.05, 4.69) is 6.92 Å². The van der Waals surface area contributed by atoms with E-state index in [0.717, 1.165) is 30.1 Å². The highest BCUT2D eigenvalue weighted by Gasteiger charge is 2.41. The van der Waals surface area contributed by atoms with Gasteiger partial charge in [-0.25, -0.2) is 0 Å². The smallest absolute Gasteiger partial charge is 0.0571 e. The third kappa shape index (κ3) is 3.40. The maximum Gasteiger partial charge on any atom is 0.0571 e. The van der Waals surface area contributed by atoms with Crippen LogP contribution >= 0.6 is 0 Å². The second-order valence-electron chi connectivity index (χ2n) is 8.16. The number of fused-ring (bicyclic) bond motifs is 2. The second-order valence-corrected chi connectivity index (χ2v) is 8.16. The summed E-state index contributed by atoms with van der Waals surface area (Å²) in [5.74, 6) is 4.49. The Bertz CT molecular complexity index is 292. The molecule has 1 nitrogen and oxygen atoms in total. The fraction of sp³-hybridized carbons (Fsp3) is 1.00. The average Bonchev–Trinajstić information content (AvgIpc) is 3.08. The van der Waals surface area contributed by atoms with E-state index in [1.807, 2.05) is 0 Å². The van der Waals surface area contributed by atoms with E-state index < -0.39 is 0 Å². The Kier molecular flexibility index (Phi) is 5.07. The lowest BCUT2D eigenvalue weighted by Gasteiger charge is -2.34. The van der Waals surface area contributed by atoms with Gasteiger partial charge in [-0.2, -0.15) is 0 Å². The molecule has 1 N–H and O–H groups in total. The van der Waals surface area contributed by atoms with Crippen LogP contribution in [0.25, 0.3) is 0 Å². The number of hydrogen-bond acceptors (Lipinski definition) is 1. The summed E-state index contributed by atoms with van der Waals surface area (Å²) in [5.41, 5.74) is 0. The third-order valence-electron chi connectivity index (χ3n) is 6.83. The third-order valence-corrected chi connectivity index (χ3v) is 6.83. The van der Waals surface area contributed by atoms with Gasteiger partial charge in [0.15, 0.2) is 0 Å². The van der Waals surface area contributed by atoms with Crippen molar-refractivity contribution in [2.45, 2.75) is 90.1 Å². The predicted octanol–water partition coefficient (Wildman–Crippen LogP) is 5.17. The molecule has 3 aliphatic rings. The molecule has 3 rings (SSSR count). The zero-order valence-corrected chi connectivity index (χ0v) is 13.4. The Hall–Kier alpha value is -0.0400. The first-order chi connectivity index (χ1) is 9.76. The number of rotatable bonds is 6. The average molecular weight is 278 g/mol. The molecule has 2 bridgehead atoms. The Labute approximate surface area is 125 Å². The first kappa shape index (κ1) is 14.9. The van der Waals surface area contributed by atoms with Gasteiger partial charge in [-0.3, -0.25) is 0 Å². The summed E-state index contributed by atoms with van der Waals surface area (Å²) in [6.07, 6.45) is 16.6. The van der Waals surface area contributed by atoms with Crippen molar-refractivity contribution >= 4 is 0 Å². The molecule has 0 aromatic carbocycles. The van der Waals surface area contributed by atoms with Crippen molar-refractivity contribution in [1.82, 2.24) is 0 Å². The van der Waals surface area contributed by atoms with Crippen LogP contribution in [0.2, 0.25) is 0 Å². The predicted molar refractivity (Wildman–Crippen MR) is 84.5 cm³/mol. The summed E-state index contributed by atoms with van der Waals surface area (Å²) < 4.78 is 0. The molecule has 3 fully saturated rings. The van der Waals surface area contributed by atoms with E-state index in [1.54, 1.807) is 0 Å². The summed E-state index contributed by atoms with van der Waals surface area (Å²) >= 11 is 0. The largest absolute Gasteiger partial charge is 0.393 e. The van der Waals surface area contributed by atoms with Crippen molar-refractivity contribution in [1.29, 1.82) is 0 Å². The first-order valence-corrected chi connectivity index (χ1v) is 9.44. The molecule has 0 heterocycles. The van der Waals surface area contributed by atoms with E-state index in [0.29, 0.717) is 5.92 Å². The Morgan fingerprint density at radius 2 is 1.80 bits per heavy atom. The molecular weight excluding hydrogens is 244 g/mol. The molecule has 0 radical (unpaired) electrons. The number of aliphatic hydroxyl groups is 1. The lowest BCUT2D eigenvalue weighted by molar-refractivity contribution is 0.0441. The van der Waals surface area contributed by atoms with Crippen molar-refractivity contribution in [2.75, 3.05) is 0 Å².